The number of hydrogen-bond acceptors (Lipinski definition) is 2. The third-order valence-corrected chi connectivity index (χ3v) is 2.60. The molecule has 0 aliphatic carbocycles. The van der Waals surface area contributed by atoms with Crippen LogP contribution in [0.15, 0.2) is 24.3 Å². The first-order chi connectivity index (χ1) is 6.74. The number of benzene rings is 1. The van der Waals surface area contributed by atoms with Gasteiger partial charge in [0.15, 0.2) is 0 Å². The Balaban J connectivity index is 2.38. The molecule has 1 aromatic rings. The monoisotopic (exact) mass is 191 g/mol. The van der Waals surface area contributed by atoms with Gasteiger partial charge < -0.3 is 0 Å². The third-order valence-electron chi connectivity index (χ3n) is 2.60. The Morgan fingerprint density at radius 2 is 2.07 bits per heavy atom. The molecule has 0 bridgehead atoms. The van der Waals surface area contributed by atoms with E-state index >= 15 is 0 Å². The molecule has 1 heterocycles. The number of hydroxylamine groups is 1. The van der Waals surface area contributed by atoms with Gasteiger partial charge in [-0.2, -0.15) is 0 Å². The summed E-state index contributed by atoms with van der Waals surface area (Å²) in [7, 11) is 0. The summed E-state index contributed by atoms with van der Waals surface area (Å²) in [6.45, 7) is 6.45. The Morgan fingerprint density at radius 1 is 1.36 bits per heavy atom. The summed E-state index contributed by atoms with van der Waals surface area (Å²) in [5.74, 6) is 0. The molecule has 0 radical (unpaired) electrons. The van der Waals surface area contributed by atoms with E-state index in [0.717, 1.165) is 6.42 Å². The lowest BCUT2D eigenvalue weighted by Crippen LogP contribution is -2.27. The summed E-state index contributed by atoms with van der Waals surface area (Å²) in [5.41, 5.74) is 2.55. The fraction of sp³-hybridized carbons (Fsp3) is 0.500. The first-order valence-corrected chi connectivity index (χ1v) is 5.29. The molecule has 2 rings (SSSR count). The lowest BCUT2D eigenvalue weighted by Gasteiger charge is -2.22. The van der Waals surface area contributed by atoms with E-state index < -0.39 is 0 Å². The van der Waals surface area contributed by atoms with Crippen molar-refractivity contribution in [2.75, 3.05) is 5.06 Å². The molecule has 0 spiro atoms. The summed E-state index contributed by atoms with van der Waals surface area (Å²) in [4.78, 5) is 5.88. The Hall–Kier alpha value is -1.02. The Kier molecular flexibility index (Phi) is 2.46. The predicted octanol–water partition coefficient (Wildman–Crippen LogP) is 3.30. The lowest BCUT2D eigenvalue weighted by atomic mass is 10.1. The molecule has 0 amide bonds. The van der Waals surface area contributed by atoms with E-state index in [-0.39, 0.29) is 6.10 Å². The van der Waals surface area contributed by atoms with E-state index in [9.17, 15) is 0 Å². The molecular formula is C12H17NO. The van der Waals surface area contributed by atoms with Gasteiger partial charge in [-0.15, -0.1) is 0 Å². The maximum absolute atomic E-state index is 5.88. The molecule has 2 nitrogen and oxygen atoms in total. The molecule has 1 aliphatic heterocycles. The number of anilines is 1. The van der Waals surface area contributed by atoms with Crippen molar-refractivity contribution in [3.63, 3.8) is 0 Å². The highest BCUT2D eigenvalue weighted by Crippen LogP contribution is 2.39. The van der Waals surface area contributed by atoms with Gasteiger partial charge in [-0.1, -0.05) is 25.1 Å². The van der Waals surface area contributed by atoms with Crippen LogP contribution in [0.2, 0.25) is 0 Å². The van der Waals surface area contributed by atoms with Crippen LogP contribution in [0.25, 0.3) is 0 Å². The van der Waals surface area contributed by atoms with Crippen molar-refractivity contribution in [2.45, 2.75) is 39.3 Å². The van der Waals surface area contributed by atoms with Gasteiger partial charge in [0.1, 0.15) is 6.10 Å². The minimum absolute atomic E-state index is 0.244. The van der Waals surface area contributed by atoms with Crippen LogP contribution in [-0.2, 0) is 4.84 Å². The van der Waals surface area contributed by atoms with Gasteiger partial charge in [0, 0.05) is 5.56 Å². The molecule has 2 heteroatoms. The van der Waals surface area contributed by atoms with Crippen molar-refractivity contribution in [1.82, 2.24) is 0 Å². The second-order valence-corrected chi connectivity index (χ2v) is 3.98. The van der Waals surface area contributed by atoms with E-state index in [0.29, 0.717) is 6.04 Å². The van der Waals surface area contributed by atoms with Crippen molar-refractivity contribution in [1.29, 1.82) is 0 Å². The van der Waals surface area contributed by atoms with Gasteiger partial charge in [-0.3, -0.25) is 9.90 Å². The average Bonchev–Trinajstić information content (AvgIpc) is 2.56. The van der Waals surface area contributed by atoms with Crippen molar-refractivity contribution in [3.8, 4) is 0 Å². The van der Waals surface area contributed by atoms with E-state index in [1.165, 1.54) is 11.3 Å². The van der Waals surface area contributed by atoms with Crippen LogP contribution in [-0.4, -0.2) is 6.04 Å². The molecule has 0 aromatic heterocycles. The standard InChI is InChI=1S/C12H17NO/c1-4-12-10-7-5-6-8-11(10)13(14-12)9(2)3/h5-9,12H,4H2,1-3H3. The summed E-state index contributed by atoms with van der Waals surface area (Å²) in [5, 5.41) is 2.02. The molecule has 1 aliphatic rings. The van der Waals surface area contributed by atoms with Crippen LogP contribution in [0.4, 0.5) is 5.69 Å². The quantitative estimate of drug-likeness (QED) is 0.711. The number of fused-ring (bicyclic) bond motifs is 1. The highest BCUT2D eigenvalue weighted by molar-refractivity contribution is 5.56. The summed E-state index contributed by atoms with van der Waals surface area (Å²) in [6, 6.07) is 8.83. The fourth-order valence-electron chi connectivity index (χ4n) is 1.91. The van der Waals surface area contributed by atoms with Gasteiger partial charge in [0.2, 0.25) is 0 Å². The van der Waals surface area contributed by atoms with Crippen LogP contribution in [0, 0.1) is 0 Å². The van der Waals surface area contributed by atoms with Crippen molar-refractivity contribution < 1.29 is 4.84 Å². The third kappa shape index (κ3) is 1.40. The summed E-state index contributed by atoms with van der Waals surface area (Å²) >= 11 is 0. The van der Waals surface area contributed by atoms with Gasteiger partial charge in [0.25, 0.3) is 0 Å². The van der Waals surface area contributed by atoms with Gasteiger partial charge in [-0.25, -0.2) is 0 Å². The molecule has 0 saturated carbocycles. The maximum atomic E-state index is 5.88. The van der Waals surface area contributed by atoms with E-state index in [1.54, 1.807) is 0 Å². The minimum atomic E-state index is 0.244. The first-order valence-electron chi connectivity index (χ1n) is 5.29. The molecule has 76 valence electrons. The van der Waals surface area contributed by atoms with E-state index in [2.05, 4.69) is 45.0 Å². The van der Waals surface area contributed by atoms with Crippen LogP contribution in [0.5, 0.6) is 0 Å². The zero-order valence-electron chi connectivity index (χ0n) is 9.03. The van der Waals surface area contributed by atoms with Crippen LogP contribution >= 0.6 is 0 Å². The number of para-hydroxylation sites is 1. The topological polar surface area (TPSA) is 12.5 Å². The van der Waals surface area contributed by atoms with Crippen LogP contribution in [0.1, 0.15) is 38.9 Å². The zero-order chi connectivity index (χ0) is 10.1. The Bertz CT molecular complexity index is 322. The van der Waals surface area contributed by atoms with Crippen LogP contribution in [0.3, 0.4) is 0 Å². The highest BCUT2D eigenvalue weighted by Gasteiger charge is 2.29. The Labute approximate surface area is 85.4 Å². The van der Waals surface area contributed by atoms with Gasteiger partial charge >= 0.3 is 0 Å². The van der Waals surface area contributed by atoms with Gasteiger partial charge in [-0.05, 0) is 26.3 Å². The second-order valence-electron chi connectivity index (χ2n) is 3.98. The van der Waals surface area contributed by atoms with Crippen LogP contribution < -0.4 is 5.06 Å². The molecule has 0 N–H and O–H groups in total. The largest absolute Gasteiger partial charge is 0.265 e. The highest BCUT2D eigenvalue weighted by atomic mass is 16.7. The first kappa shape index (κ1) is 9.53. The normalized spacial score (nSPS) is 20.3. The molecule has 1 unspecified atom stereocenters. The fourth-order valence-corrected chi connectivity index (χ4v) is 1.91. The number of hydrogen-bond donors (Lipinski definition) is 0. The molecule has 14 heavy (non-hydrogen) atoms. The van der Waals surface area contributed by atoms with Crippen molar-refractivity contribution in [2.24, 2.45) is 0 Å². The molecule has 1 atom stereocenters. The molecule has 0 saturated heterocycles. The molecule has 0 fully saturated rings. The predicted molar refractivity (Wildman–Crippen MR) is 58.2 cm³/mol. The average molecular weight is 191 g/mol. The second kappa shape index (κ2) is 3.62. The van der Waals surface area contributed by atoms with E-state index in [4.69, 9.17) is 4.84 Å². The minimum Gasteiger partial charge on any atom is -0.265 e. The Morgan fingerprint density at radius 3 is 2.71 bits per heavy atom. The summed E-state index contributed by atoms with van der Waals surface area (Å²) < 4.78 is 0. The molecule has 1 aromatic carbocycles. The zero-order valence-corrected chi connectivity index (χ0v) is 9.03. The van der Waals surface area contributed by atoms with Crippen molar-refractivity contribution >= 4 is 5.69 Å². The number of rotatable bonds is 2. The molecular weight excluding hydrogens is 174 g/mol. The van der Waals surface area contributed by atoms with E-state index in [1.807, 2.05) is 5.06 Å². The summed E-state index contributed by atoms with van der Waals surface area (Å²) in [6.07, 6.45) is 1.27. The smallest absolute Gasteiger partial charge is 0.112 e. The number of nitrogens with zero attached hydrogens (tertiary/aromatic N) is 1. The van der Waals surface area contributed by atoms with Crippen molar-refractivity contribution in [3.05, 3.63) is 29.8 Å². The lowest BCUT2D eigenvalue weighted by molar-refractivity contribution is 0.0403. The SMILES string of the molecule is CCC1ON(C(C)C)c2ccccc21. The van der Waals surface area contributed by atoms with Gasteiger partial charge in [0.05, 0.1) is 11.7 Å². The maximum Gasteiger partial charge on any atom is 0.112 e.